The van der Waals surface area contributed by atoms with Gasteiger partial charge in [0.1, 0.15) is 0 Å². The average Bonchev–Trinajstić information content (AvgIpc) is 1.38. The molecular formula is C2H6NOSi. The molecule has 0 aliphatic rings. The molecular weight excluding hydrogens is 82.1 g/mol. The van der Waals surface area contributed by atoms with Gasteiger partial charge in [0.25, 0.3) is 0 Å². The number of hydrogen-bond acceptors (Lipinski definition) is 2. The van der Waals surface area contributed by atoms with Crippen LogP contribution in [-0.4, -0.2) is 29.3 Å². The summed E-state index contributed by atoms with van der Waals surface area (Å²) in [5.74, 6) is 0. The fourth-order valence-electron chi connectivity index (χ4n) is 0. The maximum Gasteiger partial charge on any atom is 0.184 e. The maximum atomic E-state index is 4.50. The molecule has 0 atom stereocenters. The smallest absolute Gasteiger partial charge is 0.184 e. The normalized spacial score (nSPS) is 9.60. The van der Waals surface area contributed by atoms with Gasteiger partial charge in [0.2, 0.25) is 0 Å². The summed E-state index contributed by atoms with van der Waals surface area (Å²) in [4.78, 5) is 4.50. The van der Waals surface area contributed by atoms with Crippen LogP contribution >= 0.6 is 0 Å². The van der Waals surface area contributed by atoms with Crippen LogP contribution in [0.15, 0.2) is 0 Å². The molecule has 0 aromatic rings. The van der Waals surface area contributed by atoms with E-state index in [0.717, 1.165) is 0 Å². The lowest BCUT2D eigenvalue weighted by Gasteiger charge is -2.00. The van der Waals surface area contributed by atoms with Crippen molar-refractivity contribution in [2.45, 2.75) is 0 Å². The summed E-state index contributed by atoms with van der Waals surface area (Å²) in [6.45, 7) is 0. The minimum atomic E-state index is 1.43. The van der Waals surface area contributed by atoms with Gasteiger partial charge in [0.15, 0.2) is 10.4 Å². The summed E-state index contributed by atoms with van der Waals surface area (Å²) in [5.41, 5.74) is 0. The average molecular weight is 88.2 g/mol. The zero-order valence-corrected chi connectivity index (χ0v) is 4.36. The molecule has 29 valence electrons. The maximum absolute atomic E-state index is 4.50. The van der Waals surface area contributed by atoms with E-state index >= 15 is 0 Å². The Morgan fingerprint density at radius 3 is 2.00 bits per heavy atom. The van der Waals surface area contributed by atoms with E-state index in [-0.39, 0.29) is 0 Å². The molecule has 0 spiro atoms. The van der Waals surface area contributed by atoms with E-state index in [9.17, 15) is 0 Å². The fourth-order valence-corrected chi connectivity index (χ4v) is 0. The Hall–Kier alpha value is 0.137. The number of hydrogen-bond donors (Lipinski definition) is 0. The molecule has 0 N–H and O–H groups in total. The van der Waals surface area contributed by atoms with Gasteiger partial charge in [-0.3, -0.25) is 0 Å². The first kappa shape index (κ1) is 5.14. The highest BCUT2D eigenvalue weighted by Crippen LogP contribution is 1.62. The predicted octanol–water partition coefficient (Wildman–Crippen LogP) is -0.437. The standard InChI is InChI=1S/C2H6NOSi/c1-3(5)4-2/h1-2H3. The summed E-state index contributed by atoms with van der Waals surface area (Å²) in [7, 11) is 6.35. The molecule has 3 radical (unpaired) electrons. The predicted molar refractivity (Wildman–Crippen MR) is 20.5 cm³/mol. The summed E-state index contributed by atoms with van der Waals surface area (Å²) in [5, 5.41) is 0. The molecule has 0 saturated carbocycles. The van der Waals surface area contributed by atoms with Crippen molar-refractivity contribution in [1.82, 2.24) is 4.73 Å². The van der Waals surface area contributed by atoms with Crippen molar-refractivity contribution in [3.8, 4) is 0 Å². The fraction of sp³-hybridized carbons (Fsp3) is 1.00. The molecule has 0 bridgehead atoms. The van der Waals surface area contributed by atoms with Crippen LogP contribution in [0.5, 0.6) is 0 Å². The largest absolute Gasteiger partial charge is 0.310 e. The van der Waals surface area contributed by atoms with E-state index in [0.29, 0.717) is 0 Å². The molecule has 2 nitrogen and oxygen atoms in total. The van der Waals surface area contributed by atoms with Gasteiger partial charge in [-0.2, -0.15) is 0 Å². The van der Waals surface area contributed by atoms with Gasteiger partial charge in [0, 0.05) is 7.05 Å². The third-order valence-corrected chi connectivity index (χ3v) is 0.456. The Morgan fingerprint density at radius 1 is 1.80 bits per heavy atom. The molecule has 3 heteroatoms. The second kappa shape index (κ2) is 2.38. The molecule has 5 heavy (non-hydrogen) atoms. The van der Waals surface area contributed by atoms with Gasteiger partial charge in [-0.1, -0.05) is 0 Å². The van der Waals surface area contributed by atoms with Crippen LogP contribution in [-0.2, 0) is 4.84 Å². The minimum absolute atomic E-state index is 1.43. The van der Waals surface area contributed by atoms with Crippen molar-refractivity contribution in [3.63, 3.8) is 0 Å². The first-order chi connectivity index (χ1) is 2.27. The molecule has 0 saturated heterocycles. The van der Waals surface area contributed by atoms with E-state index in [4.69, 9.17) is 0 Å². The second-order valence-corrected chi connectivity index (χ2v) is 1.31. The Balaban J connectivity index is 2.54. The topological polar surface area (TPSA) is 12.5 Å². The Labute approximate surface area is 35.2 Å². The number of rotatable bonds is 1. The molecule has 0 rings (SSSR count). The lowest BCUT2D eigenvalue weighted by atomic mass is 11.5. The number of hydroxylamine groups is 1. The molecule has 0 fully saturated rings. The summed E-state index contributed by atoms with van der Waals surface area (Å²) in [6.07, 6.45) is 0. The highest BCUT2D eigenvalue weighted by atomic mass is 28.2. The van der Waals surface area contributed by atoms with E-state index < -0.39 is 0 Å². The second-order valence-electron chi connectivity index (χ2n) is 0.680. The molecule has 0 aromatic heterocycles. The molecule has 0 heterocycles. The zero-order valence-electron chi connectivity index (χ0n) is 3.36. The summed E-state index contributed by atoms with van der Waals surface area (Å²) >= 11 is 0. The summed E-state index contributed by atoms with van der Waals surface area (Å²) < 4.78 is 1.43. The Kier molecular flexibility index (Phi) is 2.44. The van der Waals surface area contributed by atoms with Crippen molar-refractivity contribution in [2.75, 3.05) is 14.2 Å². The van der Waals surface area contributed by atoms with E-state index in [1.165, 1.54) is 4.73 Å². The van der Waals surface area contributed by atoms with Crippen LogP contribution in [0.25, 0.3) is 0 Å². The van der Waals surface area contributed by atoms with Gasteiger partial charge in [-0.25, -0.2) is 4.73 Å². The zero-order chi connectivity index (χ0) is 4.28. The van der Waals surface area contributed by atoms with Crippen LogP contribution in [0, 0.1) is 0 Å². The molecule has 0 aliphatic heterocycles. The van der Waals surface area contributed by atoms with Crippen molar-refractivity contribution >= 4 is 10.4 Å². The van der Waals surface area contributed by atoms with Crippen molar-refractivity contribution in [2.24, 2.45) is 0 Å². The van der Waals surface area contributed by atoms with Crippen molar-refractivity contribution in [3.05, 3.63) is 0 Å². The first-order valence-corrected chi connectivity index (χ1v) is 1.71. The third-order valence-electron chi connectivity index (χ3n) is 0.274. The number of nitrogens with zero attached hydrogens (tertiary/aromatic N) is 1. The van der Waals surface area contributed by atoms with Crippen molar-refractivity contribution in [1.29, 1.82) is 0 Å². The van der Waals surface area contributed by atoms with Gasteiger partial charge in [0.05, 0.1) is 7.11 Å². The third kappa shape index (κ3) is 4.14. The highest BCUT2D eigenvalue weighted by Gasteiger charge is 1.72. The molecule has 0 aromatic carbocycles. The van der Waals surface area contributed by atoms with Crippen LogP contribution in [0.3, 0.4) is 0 Å². The van der Waals surface area contributed by atoms with Crippen LogP contribution in [0.4, 0.5) is 0 Å². The van der Waals surface area contributed by atoms with E-state index in [1.54, 1.807) is 14.2 Å². The highest BCUT2D eigenvalue weighted by molar-refractivity contribution is 6.03. The monoisotopic (exact) mass is 88.0 g/mol. The van der Waals surface area contributed by atoms with Gasteiger partial charge in [-0.05, 0) is 0 Å². The van der Waals surface area contributed by atoms with E-state index in [1.807, 2.05) is 0 Å². The SMILES string of the molecule is CON(C)[Si]. The molecule has 0 aliphatic carbocycles. The lowest BCUT2D eigenvalue weighted by molar-refractivity contribution is -0.0251. The first-order valence-electron chi connectivity index (χ1n) is 1.26. The van der Waals surface area contributed by atoms with Gasteiger partial charge in [-0.15, -0.1) is 0 Å². The van der Waals surface area contributed by atoms with Gasteiger partial charge < -0.3 is 4.84 Å². The van der Waals surface area contributed by atoms with Crippen LogP contribution in [0.1, 0.15) is 0 Å². The van der Waals surface area contributed by atoms with E-state index in [2.05, 4.69) is 15.2 Å². The van der Waals surface area contributed by atoms with Crippen LogP contribution in [0.2, 0.25) is 0 Å². The molecule has 0 unspecified atom stereocenters. The Morgan fingerprint density at radius 2 is 2.00 bits per heavy atom. The Bertz CT molecular complexity index is 23.6. The lowest BCUT2D eigenvalue weighted by Crippen LogP contribution is -2.10. The van der Waals surface area contributed by atoms with Crippen molar-refractivity contribution < 1.29 is 4.84 Å². The van der Waals surface area contributed by atoms with Gasteiger partial charge >= 0.3 is 0 Å². The minimum Gasteiger partial charge on any atom is -0.310 e. The summed E-state index contributed by atoms with van der Waals surface area (Å²) in [6, 6.07) is 0. The molecule has 0 amide bonds. The quantitative estimate of drug-likeness (QED) is 0.318. The van der Waals surface area contributed by atoms with Crippen LogP contribution < -0.4 is 0 Å².